The summed E-state index contributed by atoms with van der Waals surface area (Å²) in [4.78, 5) is 3.64. The van der Waals surface area contributed by atoms with Crippen LogP contribution in [0.2, 0.25) is 0 Å². The van der Waals surface area contributed by atoms with Crippen molar-refractivity contribution in [3.63, 3.8) is 0 Å². The third-order valence-electron chi connectivity index (χ3n) is 2.34. The second kappa shape index (κ2) is 6.26. The minimum Gasteiger partial charge on any atom is -0.388 e. The van der Waals surface area contributed by atoms with Crippen LogP contribution < -0.4 is 0 Å². The summed E-state index contributed by atoms with van der Waals surface area (Å²) in [6.45, 7) is 0. The number of aliphatic hydroxyl groups is 1. The molecule has 0 radical (unpaired) electrons. The van der Waals surface area contributed by atoms with E-state index in [0.29, 0.717) is 12.8 Å². The maximum absolute atomic E-state index is 12.7. The van der Waals surface area contributed by atoms with Crippen molar-refractivity contribution in [2.75, 3.05) is 12.0 Å². The molecule has 0 saturated carbocycles. The highest BCUT2D eigenvalue weighted by atomic mass is 32.2. The Balaban J connectivity index is 2.82. The van der Waals surface area contributed by atoms with Gasteiger partial charge in [-0.3, -0.25) is 4.98 Å². The van der Waals surface area contributed by atoms with Gasteiger partial charge in [-0.25, -0.2) is 0 Å². The summed E-state index contributed by atoms with van der Waals surface area (Å²) >= 11 is 1.60. The van der Waals surface area contributed by atoms with Gasteiger partial charge in [0.25, 0.3) is 0 Å². The van der Waals surface area contributed by atoms with Crippen LogP contribution >= 0.6 is 11.8 Å². The fourth-order valence-electron chi connectivity index (χ4n) is 1.51. The number of halogens is 3. The Bertz CT molecular complexity index is 357. The molecule has 1 atom stereocenters. The molecule has 1 N–H and O–H groups in total. The minimum absolute atomic E-state index is 0.138. The van der Waals surface area contributed by atoms with Crippen molar-refractivity contribution in [3.8, 4) is 0 Å². The number of nitrogens with zero attached hydrogens (tertiary/aromatic N) is 1. The molecule has 1 heterocycles. The van der Waals surface area contributed by atoms with E-state index < -0.39 is 17.8 Å². The van der Waals surface area contributed by atoms with Crippen molar-refractivity contribution in [1.29, 1.82) is 0 Å². The molecule has 1 aromatic rings. The van der Waals surface area contributed by atoms with Gasteiger partial charge in [0, 0.05) is 18.0 Å². The summed E-state index contributed by atoms with van der Waals surface area (Å²) in [5.74, 6) is 0.818. The van der Waals surface area contributed by atoms with Gasteiger partial charge >= 0.3 is 6.18 Å². The first-order valence-electron chi connectivity index (χ1n) is 5.15. The molecule has 6 heteroatoms. The summed E-state index contributed by atoms with van der Waals surface area (Å²) in [6, 6.07) is 0.896. The Labute approximate surface area is 102 Å². The van der Waals surface area contributed by atoms with Gasteiger partial charge in [-0.05, 0) is 30.9 Å². The maximum Gasteiger partial charge on any atom is 0.416 e. The van der Waals surface area contributed by atoms with Crippen molar-refractivity contribution >= 4 is 11.8 Å². The molecule has 0 amide bonds. The molecule has 0 aliphatic carbocycles. The minimum atomic E-state index is -4.45. The average molecular weight is 265 g/mol. The SMILES string of the molecule is CSCCCC(O)c1cnccc1C(F)(F)F. The van der Waals surface area contributed by atoms with Crippen LogP contribution in [0.15, 0.2) is 18.5 Å². The standard InChI is InChI=1S/C11H14F3NOS/c1-17-6-2-3-10(16)8-7-15-5-4-9(8)11(12,13)14/h4-5,7,10,16H,2-3,6H2,1H3. The lowest BCUT2D eigenvalue weighted by Gasteiger charge is -2.16. The Kier molecular flexibility index (Phi) is 5.27. The molecule has 1 unspecified atom stereocenters. The molecule has 96 valence electrons. The summed E-state index contributed by atoms with van der Waals surface area (Å²) < 4.78 is 38.0. The quantitative estimate of drug-likeness (QED) is 0.829. The molecular formula is C11H14F3NOS. The predicted octanol–water partition coefficient (Wildman–Crippen LogP) is 3.28. The fraction of sp³-hybridized carbons (Fsp3) is 0.545. The molecule has 0 aromatic carbocycles. The third-order valence-corrected chi connectivity index (χ3v) is 3.04. The highest BCUT2D eigenvalue weighted by Gasteiger charge is 2.34. The lowest BCUT2D eigenvalue weighted by molar-refractivity contribution is -0.139. The molecule has 0 spiro atoms. The van der Waals surface area contributed by atoms with E-state index in [1.807, 2.05) is 6.26 Å². The summed E-state index contributed by atoms with van der Waals surface area (Å²) in [6.07, 6.45) is -0.471. The van der Waals surface area contributed by atoms with Crippen molar-refractivity contribution < 1.29 is 18.3 Å². The van der Waals surface area contributed by atoms with Gasteiger partial charge in [0.05, 0.1) is 11.7 Å². The van der Waals surface area contributed by atoms with Crippen LogP contribution in [0.25, 0.3) is 0 Å². The summed E-state index contributed by atoms with van der Waals surface area (Å²) in [5.41, 5.74) is -0.940. The average Bonchev–Trinajstić information content (AvgIpc) is 2.28. The fourth-order valence-corrected chi connectivity index (χ4v) is 1.96. The molecule has 1 rings (SSSR count). The Morgan fingerprint density at radius 3 is 2.76 bits per heavy atom. The molecule has 17 heavy (non-hydrogen) atoms. The van der Waals surface area contributed by atoms with Gasteiger partial charge in [0.2, 0.25) is 0 Å². The van der Waals surface area contributed by atoms with Gasteiger partial charge in [-0.15, -0.1) is 0 Å². The van der Waals surface area contributed by atoms with Gasteiger partial charge in [-0.1, -0.05) is 0 Å². The number of thioether (sulfide) groups is 1. The van der Waals surface area contributed by atoms with Crippen LogP contribution in [0.1, 0.15) is 30.1 Å². The molecule has 1 aromatic heterocycles. The molecule has 2 nitrogen and oxygen atoms in total. The lowest BCUT2D eigenvalue weighted by Crippen LogP contribution is -2.12. The first-order valence-corrected chi connectivity index (χ1v) is 6.54. The van der Waals surface area contributed by atoms with Crippen LogP contribution in [-0.4, -0.2) is 22.1 Å². The van der Waals surface area contributed by atoms with Crippen LogP contribution in [0.3, 0.4) is 0 Å². The molecule has 0 aliphatic rings. The van der Waals surface area contributed by atoms with E-state index in [-0.39, 0.29) is 5.56 Å². The van der Waals surface area contributed by atoms with E-state index >= 15 is 0 Å². The van der Waals surface area contributed by atoms with E-state index in [4.69, 9.17) is 0 Å². The number of aliphatic hydroxyl groups excluding tert-OH is 1. The molecule has 0 aliphatic heterocycles. The third kappa shape index (κ3) is 4.20. The van der Waals surface area contributed by atoms with E-state index in [9.17, 15) is 18.3 Å². The van der Waals surface area contributed by atoms with Gasteiger partial charge in [0.1, 0.15) is 0 Å². The molecular weight excluding hydrogens is 251 g/mol. The van der Waals surface area contributed by atoms with Crippen LogP contribution in [0.4, 0.5) is 13.2 Å². The number of alkyl halides is 3. The molecule has 0 saturated heterocycles. The summed E-state index contributed by atoms with van der Waals surface area (Å²) in [7, 11) is 0. The highest BCUT2D eigenvalue weighted by molar-refractivity contribution is 7.98. The largest absolute Gasteiger partial charge is 0.416 e. The van der Waals surface area contributed by atoms with Crippen molar-refractivity contribution in [2.24, 2.45) is 0 Å². The topological polar surface area (TPSA) is 33.1 Å². The van der Waals surface area contributed by atoms with Gasteiger partial charge < -0.3 is 5.11 Å². The highest BCUT2D eigenvalue weighted by Crippen LogP contribution is 2.35. The van der Waals surface area contributed by atoms with E-state index in [2.05, 4.69) is 4.98 Å². The zero-order valence-electron chi connectivity index (χ0n) is 9.37. The van der Waals surface area contributed by atoms with Crippen molar-refractivity contribution in [3.05, 3.63) is 29.6 Å². The first-order chi connectivity index (χ1) is 7.96. The van der Waals surface area contributed by atoms with E-state index in [1.165, 1.54) is 0 Å². The van der Waals surface area contributed by atoms with Crippen molar-refractivity contribution in [2.45, 2.75) is 25.1 Å². The number of rotatable bonds is 5. The van der Waals surface area contributed by atoms with Crippen LogP contribution in [0, 0.1) is 0 Å². The van der Waals surface area contributed by atoms with Crippen LogP contribution in [-0.2, 0) is 6.18 Å². The van der Waals surface area contributed by atoms with Crippen LogP contribution in [0.5, 0.6) is 0 Å². The Morgan fingerprint density at radius 2 is 2.18 bits per heavy atom. The number of aromatic nitrogens is 1. The second-order valence-electron chi connectivity index (χ2n) is 3.61. The number of hydrogen-bond acceptors (Lipinski definition) is 3. The first kappa shape index (κ1) is 14.3. The number of pyridine rings is 1. The number of hydrogen-bond donors (Lipinski definition) is 1. The second-order valence-corrected chi connectivity index (χ2v) is 4.60. The predicted molar refractivity (Wildman–Crippen MR) is 61.8 cm³/mol. The normalized spacial score (nSPS) is 13.7. The van der Waals surface area contributed by atoms with Gasteiger partial charge in [-0.2, -0.15) is 24.9 Å². The monoisotopic (exact) mass is 265 g/mol. The smallest absolute Gasteiger partial charge is 0.388 e. The van der Waals surface area contributed by atoms with E-state index in [1.54, 1.807) is 11.8 Å². The molecule has 0 bridgehead atoms. The zero-order valence-corrected chi connectivity index (χ0v) is 10.2. The summed E-state index contributed by atoms with van der Waals surface area (Å²) in [5, 5.41) is 9.74. The Hall–Kier alpha value is -0.750. The van der Waals surface area contributed by atoms with E-state index in [0.717, 1.165) is 24.2 Å². The zero-order chi connectivity index (χ0) is 12.9. The maximum atomic E-state index is 12.7. The van der Waals surface area contributed by atoms with Crippen molar-refractivity contribution in [1.82, 2.24) is 4.98 Å². The van der Waals surface area contributed by atoms with Gasteiger partial charge in [0.15, 0.2) is 0 Å². The Morgan fingerprint density at radius 1 is 1.47 bits per heavy atom. The molecule has 0 fully saturated rings. The lowest BCUT2D eigenvalue weighted by atomic mass is 10.0.